The molecule has 0 amide bonds. The summed E-state index contributed by atoms with van der Waals surface area (Å²) >= 11 is 0. The number of carboxylic acids is 1. The molecule has 0 radical (unpaired) electrons. The summed E-state index contributed by atoms with van der Waals surface area (Å²) in [6, 6.07) is 6.73. The van der Waals surface area contributed by atoms with Crippen LogP contribution in [0.2, 0.25) is 0 Å². The zero-order valence-electron chi connectivity index (χ0n) is 8.64. The number of rotatable bonds is 5. The molecule has 1 rings (SSSR count). The van der Waals surface area contributed by atoms with Crippen LogP contribution in [0.5, 0.6) is 5.75 Å². The third kappa shape index (κ3) is 3.59. The van der Waals surface area contributed by atoms with Crippen LogP contribution in [0.25, 0.3) is 0 Å². The van der Waals surface area contributed by atoms with Crippen LogP contribution in [-0.2, 0) is 11.2 Å². The minimum absolute atomic E-state index is 0.446. The van der Waals surface area contributed by atoms with E-state index in [1.54, 1.807) is 7.11 Å². The molecule has 4 nitrogen and oxygen atoms in total. The number of methoxy groups -OCH3 is 1. The van der Waals surface area contributed by atoms with Crippen LogP contribution in [0.3, 0.4) is 0 Å². The Kier molecular flexibility index (Phi) is 4.12. The summed E-state index contributed by atoms with van der Waals surface area (Å²) in [5.74, 6) is -0.162. The summed E-state index contributed by atoms with van der Waals surface area (Å²) in [5.41, 5.74) is 6.46. The van der Waals surface area contributed by atoms with Gasteiger partial charge in [0.2, 0.25) is 0 Å². The van der Waals surface area contributed by atoms with Crippen molar-refractivity contribution in [1.82, 2.24) is 0 Å². The maximum Gasteiger partial charge on any atom is 0.320 e. The molecule has 82 valence electrons. The number of aliphatic carboxylic acids is 1. The Balaban J connectivity index is 2.47. The highest BCUT2D eigenvalue weighted by Gasteiger charge is 2.10. The van der Waals surface area contributed by atoms with Gasteiger partial charge in [0, 0.05) is 0 Å². The first kappa shape index (κ1) is 11.5. The van der Waals surface area contributed by atoms with E-state index in [1.165, 1.54) is 0 Å². The van der Waals surface area contributed by atoms with Gasteiger partial charge in [-0.3, -0.25) is 4.79 Å². The molecule has 1 aromatic carbocycles. The number of carboxylic acid groups (broad SMARTS) is 1. The number of carbonyl (C=O) groups is 1. The van der Waals surface area contributed by atoms with E-state index >= 15 is 0 Å². The monoisotopic (exact) mass is 209 g/mol. The number of nitrogens with two attached hydrogens (primary N) is 1. The van der Waals surface area contributed by atoms with Crippen molar-refractivity contribution >= 4 is 5.97 Å². The highest BCUT2D eigenvalue weighted by atomic mass is 16.5. The first-order valence-corrected chi connectivity index (χ1v) is 4.75. The summed E-state index contributed by atoms with van der Waals surface area (Å²) in [5, 5.41) is 8.60. The molecule has 0 aliphatic carbocycles. The number of ether oxygens (including phenoxy) is 1. The molecule has 3 N–H and O–H groups in total. The molecule has 4 heteroatoms. The van der Waals surface area contributed by atoms with Crippen LogP contribution >= 0.6 is 0 Å². The standard InChI is InChI=1S/C11H15NO3/c1-15-9-5-2-8(3-6-9)4-7-10(12)11(13)14/h2-3,5-6,10H,4,7,12H2,1H3,(H,13,14). The van der Waals surface area contributed by atoms with E-state index in [2.05, 4.69) is 0 Å². The fourth-order valence-corrected chi connectivity index (χ4v) is 1.24. The van der Waals surface area contributed by atoms with Gasteiger partial charge in [0.05, 0.1) is 7.11 Å². The van der Waals surface area contributed by atoms with Crippen molar-refractivity contribution in [1.29, 1.82) is 0 Å². The molecule has 0 saturated heterocycles. The van der Waals surface area contributed by atoms with Crippen LogP contribution in [0.4, 0.5) is 0 Å². The molecule has 0 spiro atoms. The van der Waals surface area contributed by atoms with Crippen molar-refractivity contribution < 1.29 is 14.6 Å². The zero-order valence-corrected chi connectivity index (χ0v) is 8.64. The van der Waals surface area contributed by atoms with Gasteiger partial charge in [-0.2, -0.15) is 0 Å². The third-order valence-electron chi connectivity index (χ3n) is 2.22. The average Bonchev–Trinajstić information content (AvgIpc) is 2.26. The lowest BCUT2D eigenvalue weighted by atomic mass is 10.1. The minimum atomic E-state index is -0.955. The van der Waals surface area contributed by atoms with Crippen molar-refractivity contribution in [2.45, 2.75) is 18.9 Å². The third-order valence-corrected chi connectivity index (χ3v) is 2.22. The van der Waals surface area contributed by atoms with Gasteiger partial charge in [0.15, 0.2) is 0 Å². The van der Waals surface area contributed by atoms with Gasteiger partial charge in [-0.05, 0) is 30.5 Å². The molecule has 0 aliphatic rings. The highest BCUT2D eigenvalue weighted by molar-refractivity contribution is 5.73. The maximum atomic E-state index is 10.5. The summed E-state index contributed by atoms with van der Waals surface area (Å²) in [6.07, 6.45) is 1.11. The second-order valence-corrected chi connectivity index (χ2v) is 3.33. The van der Waals surface area contributed by atoms with Crippen LogP contribution < -0.4 is 10.5 Å². The molecule has 15 heavy (non-hydrogen) atoms. The van der Waals surface area contributed by atoms with Gasteiger partial charge in [-0.25, -0.2) is 0 Å². The average molecular weight is 209 g/mol. The van der Waals surface area contributed by atoms with Crippen molar-refractivity contribution in [2.24, 2.45) is 5.73 Å². The molecule has 0 bridgehead atoms. The molecular weight excluding hydrogens is 194 g/mol. The smallest absolute Gasteiger partial charge is 0.320 e. The van der Waals surface area contributed by atoms with Gasteiger partial charge < -0.3 is 15.6 Å². The van der Waals surface area contributed by atoms with E-state index in [0.29, 0.717) is 12.8 Å². The normalized spacial score (nSPS) is 12.1. The van der Waals surface area contributed by atoms with Gasteiger partial charge in [0.25, 0.3) is 0 Å². The first-order chi connectivity index (χ1) is 7.13. The number of aryl methyl sites for hydroxylation is 1. The summed E-state index contributed by atoms with van der Waals surface area (Å²) in [7, 11) is 1.61. The van der Waals surface area contributed by atoms with E-state index in [4.69, 9.17) is 15.6 Å². The Bertz CT molecular complexity index is 321. The predicted octanol–water partition coefficient (Wildman–Crippen LogP) is 1.04. The van der Waals surface area contributed by atoms with Crippen molar-refractivity contribution in [2.75, 3.05) is 7.11 Å². The fraction of sp³-hybridized carbons (Fsp3) is 0.364. The fourth-order valence-electron chi connectivity index (χ4n) is 1.24. The van der Waals surface area contributed by atoms with Crippen molar-refractivity contribution in [3.05, 3.63) is 29.8 Å². The Labute approximate surface area is 88.7 Å². The Morgan fingerprint density at radius 1 is 1.47 bits per heavy atom. The van der Waals surface area contributed by atoms with Crippen molar-refractivity contribution in [3.8, 4) is 5.75 Å². The number of hydrogen-bond donors (Lipinski definition) is 2. The maximum absolute atomic E-state index is 10.5. The van der Waals surface area contributed by atoms with E-state index in [9.17, 15) is 4.79 Å². The topological polar surface area (TPSA) is 72.5 Å². The molecule has 0 heterocycles. The molecule has 0 aromatic heterocycles. The number of hydrogen-bond acceptors (Lipinski definition) is 3. The van der Waals surface area contributed by atoms with E-state index in [-0.39, 0.29) is 0 Å². The van der Waals surface area contributed by atoms with E-state index in [1.807, 2.05) is 24.3 Å². The van der Waals surface area contributed by atoms with Gasteiger partial charge in [-0.15, -0.1) is 0 Å². The predicted molar refractivity (Wildman–Crippen MR) is 56.9 cm³/mol. The van der Waals surface area contributed by atoms with Gasteiger partial charge in [0.1, 0.15) is 11.8 Å². The lowest BCUT2D eigenvalue weighted by Gasteiger charge is -2.06. The SMILES string of the molecule is COc1ccc(CCC(N)C(=O)O)cc1. The molecule has 0 saturated carbocycles. The van der Waals surface area contributed by atoms with Crippen LogP contribution in [0.15, 0.2) is 24.3 Å². The Morgan fingerprint density at radius 3 is 2.53 bits per heavy atom. The van der Waals surface area contributed by atoms with Crippen LogP contribution in [0.1, 0.15) is 12.0 Å². The lowest BCUT2D eigenvalue weighted by molar-refractivity contribution is -0.138. The summed E-state index contributed by atoms with van der Waals surface area (Å²) < 4.78 is 5.01. The Morgan fingerprint density at radius 2 is 2.07 bits per heavy atom. The van der Waals surface area contributed by atoms with E-state index < -0.39 is 12.0 Å². The largest absolute Gasteiger partial charge is 0.497 e. The molecular formula is C11H15NO3. The second kappa shape index (κ2) is 5.36. The van der Waals surface area contributed by atoms with Crippen molar-refractivity contribution in [3.63, 3.8) is 0 Å². The molecule has 1 unspecified atom stereocenters. The zero-order chi connectivity index (χ0) is 11.3. The molecule has 1 aromatic rings. The van der Waals surface area contributed by atoms with Crippen LogP contribution in [-0.4, -0.2) is 24.2 Å². The van der Waals surface area contributed by atoms with Crippen LogP contribution in [0, 0.1) is 0 Å². The minimum Gasteiger partial charge on any atom is -0.497 e. The number of benzene rings is 1. The van der Waals surface area contributed by atoms with Gasteiger partial charge in [-0.1, -0.05) is 12.1 Å². The molecule has 0 fully saturated rings. The quantitative estimate of drug-likeness (QED) is 0.760. The van der Waals surface area contributed by atoms with Gasteiger partial charge >= 0.3 is 5.97 Å². The Hall–Kier alpha value is -1.55. The molecule has 0 aliphatic heterocycles. The molecule has 1 atom stereocenters. The summed E-state index contributed by atoms with van der Waals surface area (Å²) in [6.45, 7) is 0. The first-order valence-electron chi connectivity index (χ1n) is 4.75. The second-order valence-electron chi connectivity index (χ2n) is 3.33. The highest BCUT2D eigenvalue weighted by Crippen LogP contribution is 2.12. The summed E-state index contributed by atoms with van der Waals surface area (Å²) in [4.78, 5) is 10.5. The lowest BCUT2D eigenvalue weighted by Crippen LogP contribution is -2.30. The van der Waals surface area contributed by atoms with E-state index in [0.717, 1.165) is 11.3 Å².